The largest absolute Gasteiger partial charge is 0.478 e. The number of aromatic nitrogens is 1. The van der Waals surface area contributed by atoms with Crippen LogP contribution in [0, 0.1) is 18.3 Å². The van der Waals surface area contributed by atoms with Crippen molar-refractivity contribution in [1.29, 1.82) is 5.26 Å². The fourth-order valence-corrected chi connectivity index (χ4v) is 2.77. The summed E-state index contributed by atoms with van der Waals surface area (Å²) in [7, 11) is 0. The van der Waals surface area contributed by atoms with Gasteiger partial charge in [-0.05, 0) is 30.7 Å². The smallest absolute Gasteiger partial charge is 0.349 e. The summed E-state index contributed by atoms with van der Waals surface area (Å²) in [5.41, 5.74) is 1.95. The van der Waals surface area contributed by atoms with E-state index in [9.17, 15) is 20.0 Å². The van der Waals surface area contributed by atoms with Crippen LogP contribution in [-0.2, 0) is 4.79 Å². The molecule has 0 saturated carbocycles. The summed E-state index contributed by atoms with van der Waals surface area (Å²) in [6.07, 6.45) is -1.13. The predicted molar refractivity (Wildman–Crippen MR) is 99.4 cm³/mol. The molecule has 3 rings (SSSR count). The van der Waals surface area contributed by atoms with Crippen molar-refractivity contribution in [2.75, 3.05) is 0 Å². The van der Waals surface area contributed by atoms with E-state index in [0.29, 0.717) is 28.1 Å². The first-order valence-corrected chi connectivity index (χ1v) is 8.18. The first-order valence-electron chi connectivity index (χ1n) is 8.18. The fourth-order valence-electron chi connectivity index (χ4n) is 2.77. The Morgan fingerprint density at radius 3 is 2.41 bits per heavy atom. The minimum atomic E-state index is -1.13. The van der Waals surface area contributed by atoms with Crippen molar-refractivity contribution in [1.82, 2.24) is 4.98 Å². The Morgan fingerprint density at radius 2 is 1.81 bits per heavy atom. The number of nitrogens with zero attached hydrogens (tertiary/aromatic N) is 1. The molecule has 6 heteroatoms. The third kappa shape index (κ3) is 3.88. The molecule has 1 aromatic heterocycles. The summed E-state index contributed by atoms with van der Waals surface area (Å²) >= 11 is 0. The maximum Gasteiger partial charge on any atom is 0.349 e. The maximum atomic E-state index is 11.9. The van der Waals surface area contributed by atoms with Gasteiger partial charge in [-0.15, -0.1) is 0 Å². The number of ether oxygens (including phenoxy) is 1. The second-order valence-electron chi connectivity index (χ2n) is 5.95. The quantitative estimate of drug-likeness (QED) is 0.725. The van der Waals surface area contributed by atoms with Gasteiger partial charge in [0.05, 0.1) is 0 Å². The molecule has 1 atom stereocenters. The summed E-state index contributed by atoms with van der Waals surface area (Å²) in [6, 6.07) is 18.9. The number of aryl methyl sites for hydroxylation is 1. The van der Waals surface area contributed by atoms with E-state index in [1.807, 2.05) is 6.07 Å². The Hall–Kier alpha value is -3.85. The molecule has 27 heavy (non-hydrogen) atoms. The topological polar surface area (TPSA) is 103 Å². The van der Waals surface area contributed by atoms with Crippen LogP contribution in [0.2, 0.25) is 0 Å². The first kappa shape index (κ1) is 18.0. The molecule has 134 valence electrons. The zero-order valence-corrected chi connectivity index (χ0v) is 14.5. The van der Waals surface area contributed by atoms with Crippen LogP contribution in [0.15, 0.2) is 65.5 Å². The van der Waals surface area contributed by atoms with Crippen LogP contribution < -0.4 is 10.3 Å². The Balaban J connectivity index is 1.91. The van der Waals surface area contributed by atoms with Crippen LogP contribution in [-0.4, -0.2) is 16.1 Å². The standard InChI is InChI=1S/C21H16N2O4/c1-13-11-17(18(12-22)20(24)23-13)14-7-9-16(10-8-14)27-19(21(25)26)15-5-3-2-4-6-15/h2-11,19H,1H3,(H,23,24)(H,25,26). The summed E-state index contributed by atoms with van der Waals surface area (Å²) in [6.45, 7) is 1.74. The average Bonchev–Trinajstić information content (AvgIpc) is 2.66. The number of rotatable bonds is 5. The molecular weight excluding hydrogens is 344 g/mol. The highest BCUT2D eigenvalue weighted by atomic mass is 16.5. The molecule has 0 spiro atoms. The molecule has 2 aromatic carbocycles. The zero-order chi connectivity index (χ0) is 19.4. The predicted octanol–water partition coefficient (Wildman–Crippen LogP) is 3.43. The Bertz CT molecular complexity index is 1060. The number of nitrogens with one attached hydrogen (secondary N) is 1. The molecule has 0 fully saturated rings. The molecule has 0 bridgehead atoms. The van der Waals surface area contributed by atoms with Crippen molar-refractivity contribution < 1.29 is 14.6 Å². The van der Waals surface area contributed by atoms with E-state index < -0.39 is 17.6 Å². The van der Waals surface area contributed by atoms with Gasteiger partial charge in [-0.3, -0.25) is 4.79 Å². The lowest BCUT2D eigenvalue weighted by molar-refractivity contribution is -0.145. The number of pyridine rings is 1. The van der Waals surface area contributed by atoms with Gasteiger partial charge in [-0.2, -0.15) is 5.26 Å². The summed E-state index contributed by atoms with van der Waals surface area (Å²) in [5, 5.41) is 18.7. The highest BCUT2D eigenvalue weighted by Gasteiger charge is 2.21. The number of carbonyl (C=O) groups is 1. The third-order valence-electron chi connectivity index (χ3n) is 4.03. The number of carboxylic acids is 1. The van der Waals surface area contributed by atoms with E-state index in [1.165, 1.54) is 0 Å². The van der Waals surface area contributed by atoms with Crippen molar-refractivity contribution in [3.63, 3.8) is 0 Å². The Kier molecular flexibility index (Phi) is 5.04. The minimum Gasteiger partial charge on any atom is -0.478 e. The van der Waals surface area contributed by atoms with E-state index in [1.54, 1.807) is 67.6 Å². The highest BCUT2D eigenvalue weighted by Crippen LogP contribution is 2.27. The summed E-state index contributed by atoms with van der Waals surface area (Å²) in [5.74, 6) is -0.725. The second-order valence-corrected chi connectivity index (χ2v) is 5.95. The molecule has 6 nitrogen and oxygen atoms in total. The monoisotopic (exact) mass is 360 g/mol. The molecular formula is C21H16N2O4. The molecule has 2 N–H and O–H groups in total. The van der Waals surface area contributed by atoms with Gasteiger partial charge in [-0.25, -0.2) is 4.79 Å². The van der Waals surface area contributed by atoms with Gasteiger partial charge in [0.25, 0.3) is 5.56 Å². The minimum absolute atomic E-state index is 0.0296. The molecule has 0 saturated heterocycles. The second kappa shape index (κ2) is 7.58. The van der Waals surface area contributed by atoms with E-state index in [0.717, 1.165) is 0 Å². The van der Waals surface area contributed by atoms with Gasteiger partial charge in [0.15, 0.2) is 0 Å². The van der Waals surface area contributed by atoms with E-state index in [2.05, 4.69) is 4.98 Å². The fraction of sp³-hybridized carbons (Fsp3) is 0.0952. The van der Waals surface area contributed by atoms with Crippen molar-refractivity contribution in [3.8, 4) is 22.9 Å². The van der Waals surface area contributed by atoms with Crippen molar-refractivity contribution >= 4 is 5.97 Å². The SMILES string of the molecule is Cc1cc(-c2ccc(OC(C(=O)O)c3ccccc3)cc2)c(C#N)c(=O)[nH]1. The maximum absolute atomic E-state index is 11.9. The third-order valence-corrected chi connectivity index (χ3v) is 4.03. The number of H-pyrrole nitrogens is 1. The van der Waals surface area contributed by atoms with E-state index >= 15 is 0 Å². The number of benzene rings is 2. The molecule has 0 amide bonds. The number of nitriles is 1. The molecule has 3 aromatic rings. The number of hydrogen-bond donors (Lipinski definition) is 2. The van der Waals surface area contributed by atoms with E-state index in [-0.39, 0.29) is 5.56 Å². The lowest BCUT2D eigenvalue weighted by Gasteiger charge is -2.16. The highest BCUT2D eigenvalue weighted by molar-refractivity contribution is 5.75. The van der Waals surface area contributed by atoms with E-state index in [4.69, 9.17) is 4.74 Å². The molecule has 0 radical (unpaired) electrons. The summed E-state index contributed by atoms with van der Waals surface area (Å²) < 4.78 is 5.62. The van der Waals surface area contributed by atoms with Crippen LogP contribution in [0.25, 0.3) is 11.1 Å². The number of aromatic amines is 1. The number of aliphatic carboxylic acids is 1. The lowest BCUT2D eigenvalue weighted by Crippen LogP contribution is -2.18. The van der Waals surface area contributed by atoms with Gasteiger partial charge < -0.3 is 14.8 Å². The van der Waals surface area contributed by atoms with Crippen LogP contribution in [0.3, 0.4) is 0 Å². The Morgan fingerprint density at radius 1 is 1.15 bits per heavy atom. The molecule has 0 aliphatic rings. The average molecular weight is 360 g/mol. The Labute approximate surface area is 155 Å². The molecule has 0 aliphatic carbocycles. The summed E-state index contributed by atoms with van der Waals surface area (Å²) in [4.78, 5) is 26.1. The van der Waals surface area contributed by atoms with Crippen LogP contribution in [0.5, 0.6) is 5.75 Å². The normalized spacial score (nSPS) is 11.4. The number of carboxylic acid groups (broad SMARTS) is 1. The van der Waals surface area contributed by atoms with Gasteiger partial charge in [0, 0.05) is 16.8 Å². The van der Waals surface area contributed by atoms with Crippen LogP contribution in [0.1, 0.15) is 22.9 Å². The van der Waals surface area contributed by atoms with Crippen LogP contribution in [0.4, 0.5) is 0 Å². The number of hydrogen-bond acceptors (Lipinski definition) is 4. The zero-order valence-electron chi connectivity index (χ0n) is 14.5. The molecule has 1 heterocycles. The van der Waals surface area contributed by atoms with Gasteiger partial charge in [0.1, 0.15) is 17.4 Å². The molecule has 1 unspecified atom stereocenters. The van der Waals surface area contributed by atoms with Gasteiger partial charge >= 0.3 is 5.97 Å². The van der Waals surface area contributed by atoms with Gasteiger partial charge in [-0.1, -0.05) is 42.5 Å². The van der Waals surface area contributed by atoms with Gasteiger partial charge in [0.2, 0.25) is 6.10 Å². The molecule has 0 aliphatic heterocycles. The lowest BCUT2D eigenvalue weighted by atomic mass is 10.0. The van der Waals surface area contributed by atoms with Crippen molar-refractivity contribution in [2.24, 2.45) is 0 Å². The van der Waals surface area contributed by atoms with Crippen molar-refractivity contribution in [2.45, 2.75) is 13.0 Å². The van der Waals surface area contributed by atoms with Crippen molar-refractivity contribution in [3.05, 3.63) is 87.8 Å². The van der Waals surface area contributed by atoms with Crippen LogP contribution >= 0.6 is 0 Å². The first-order chi connectivity index (χ1) is 13.0.